The Morgan fingerprint density at radius 1 is 1.12 bits per heavy atom. The fourth-order valence-corrected chi connectivity index (χ4v) is 9.34. The molecule has 2 aromatic rings. The summed E-state index contributed by atoms with van der Waals surface area (Å²) in [6.45, 7) is 12.0. The Labute approximate surface area is 347 Å². The second kappa shape index (κ2) is 19.0. The van der Waals surface area contributed by atoms with E-state index in [4.69, 9.17) is 23.7 Å². The maximum absolute atomic E-state index is 16.9. The van der Waals surface area contributed by atoms with Crippen LogP contribution in [0, 0.1) is 5.92 Å². The summed E-state index contributed by atoms with van der Waals surface area (Å²) < 4.78 is 49.5. The number of imidazole rings is 1. The molecule has 0 aromatic carbocycles. The number of Topliss-reactive ketones (excluding diaryl/α,β-unsaturated/α-hetero) is 1. The molecule has 0 aliphatic carbocycles. The van der Waals surface area contributed by atoms with E-state index in [1.165, 1.54) is 14.0 Å². The molecular weight excluding hydrogens is 767 g/mol. The number of aromatic nitrogens is 3. The first-order valence-electron chi connectivity index (χ1n) is 20.7. The van der Waals surface area contributed by atoms with Crippen molar-refractivity contribution in [3.8, 4) is 11.3 Å². The maximum atomic E-state index is 16.9. The SMILES string of the molecule is CC[C@H]1OC(=O)[C@@](C)(F)C(=O)[C@H](C)[C@@H](O[C@@H]2O[C@H](CO)C[C@H](N(C)C)[C@H]2O)[C@@](C)(OC)C[C@@H](C)N[C@H](C)[C@H]2N(CCCCn3cnc(-c4cccnc4)c3)C(=O)O[C@]12C. The normalized spacial score (nSPS) is 37.5. The zero-order chi connectivity index (χ0) is 43.4. The number of cyclic esters (lactones) is 1. The smallest absolute Gasteiger partial charge is 0.410 e. The van der Waals surface area contributed by atoms with Crippen molar-refractivity contribution in [3.05, 3.63) is 37.1 Å². The number of likely N-dealkylation sites (N-methyl/N-ethyl adjacent to an activating group) is 1. The van der Waals surface area contributed by atoms with Gasteiger partial charge in [0.2, 0.25) is 0 Å². The molecule has 59 heavy (non-hydrogen) atoms. The number of ketones is 1. The number of hydrogen-bond donors (Lipinski definition) is 3. The highest BCUT2D eigenvalue weighted by Gasteiger charge is 2.60. The Morgan fingerprint density at radius 3 is 2.46 bits per heavy atom. The van der Waals surface area contributed by atoms with Crippen LogP contribution in [0.25, 0.3) is 11.3 Å². The van der Waals surface area contributed by atoms with E-state index in [-0.39, 0.29) is 25.5 Å². The average Bonchev–Trinajstić information content (AvgIpc) is 3.78. The molecule has 17 heteroatoms. The highest BCUT2D eigenvalue weighted by atomic mass is 19.1. The number of methoxy groups -OCH3 is 1. The van der Waals surface area contributed by atoms with E-state index in [2.05, 4.69) is 15.3 Å². The summed E-state index contributed by atoms with van der Waals surface area (Å²) in [5.74, 6) is -3.87. The van der Waals surface area contributed by atoms with Crippen molar-refractivity contribution in [2.24, 2.45) is 5.92 Å². The Bertz CT molecular complexity index is 1730. The molecule has 2 aromatic heterocycles. The number of alkyl halides is 1. The molecule has 0 saturated carbocycles. The maximum Gasteiger partial charge on any atom is 0.410 e. The number of aryl methyl sites for hydroxylation is 1. The number of aliphatic hydroxyl groups excluding tert-OH is 2. The van der Waals surface area contributed by atoms with Crippen LogP contribution in [-0.4, -0.2) is 158 Å². The molecule has 3 fully saturated rings. The molecule has 16 nitrogen and oxygen atoms in total. The number of rotatable bonds is 12. The van der Waals surface area contributed by atoms with Gasteiger partial charge in [0.1, 0.15) is 12.2 Å². The minimum Gasteiger partial charge on any atom is -0.455 e. The summed E-state index contributed by atoms with van der Waals surface area (Å²) >= 11 is 0. The van der Waals surface area contributed by atoms with Gasteiger partial charge in [-0.3, -0.25) is 14.7 Å². The first-order valence-corrected chi connectivity index (χ1v) is 20.7. The first-order chi connectivity index (χ1) is 27.8. The van der Waals surface area contributed by atoms with Gasteiger partial charge in [0.15, 0.2) is 17.7 Å². The highest BCUT2D eigenvalue weighted by molar-refractivity contribution is 6.07. The van der Waals surface area contributed by atoms with Crippen molar-refractivity contribution in [1.82, 2.24) is 29.7 Å². The highest BCUT2D eigenvalue weighted by Crippen LogP contribution is 2.41. The molecule has 0 unspecified atom stereocenters. The van der Waals surface area contributed by atoms with E-state index in [1.807, 2.05) is 36.7 Å². The molecule has 3 aliphatic rings. The van der Waals surface area contributed by atoms with Gasteiger partial charge in [-0.15, -0.1) is 0 Å². The Morgan fingerprint density at radius 2 is 1.83 bits per heavy atom. The topological polar surface area (TPSA) is 187 Å². The van der Waals surface area contributed by atoms with E-state index < -0.39 is 89.5 Å². The lowest BCUT2D eigenvalue weighted by molar-refractivity contribution is -0.300. The van der Waals surface area contributed by atoms with Gasteiger partial charge in [0, 0.05) is 68.4 Å². The van der Waals surface area contributed by atoms with E-state index in [0.29, 0.717) is 32.4 Å². The zero-order valence-corrected chi connectivity index (χ0v) is 36.2. The van der Waals surface area contributed by atoms with Gasteiger partial charge in [0.05, 0.1) is 42.5 Å². The van der Waals surface area contributed by atoms with Crippen LogP contribution in [0.4, 0.5) is 9.18 Å². The number of amides is 1. The van der Waals surface area contributed by atoms with Crippen LogP contribution in [0.1, 0.15) is 80.6 Å². The molecule has 13 atom stereocenters. The van der Waals surface area contributed by atoms with Gasteiger partial charge in [-0.2, -0.15) is 0 Å². The number of esters is 1. The van der Waals surface area contributed by atoms with Gasteiger partial charge in [-0.05, 0) is 93.0 Å². The van der Waals surface area contributed by atoms with E-state index >= 15 is 4.39 Å². The molecule has 5 heterocycles. The number of nitrogens with zero attached hydrogens (tertiary/aromatic N) is 5. The van der Waals surface area contributed by atoms with Crippen LogP contribution >= 0.6 is 0 Å². The van der Waals surface area contributed by atoms with Crippen LogP contribution in [0.3, 0.4) is 0 Å². The number of ether oxygens (including phenoxy) is 5. The Balaban J connectivity index is 1.43. The first kappa shape index (κ1) is 46.5. The fraction of sp³-hybridized carbons (Fsp3) is 0.738. The lowest BCUT2D eigenvalue weighted by Gasteiger charge is -2.47. The third kappa shape index (κ3) is 9.82. The van der Waals surface area contributed by atoms with Crippen molar-refractivity contribution >= 4 is 17.8 Å². The minimum absolute atomic E-state index is 0.158. The van der Waals surface area contributed by atoms with Crippen molar-refractivity contribution in [2.45, 2.75) is 159 Å². The minimum atomic E-state index is -3.16. The molecule has 330 valence electrons. The third-order valence-corrected chi connectivity index (χ3v) is 12.5. The summed E-state index contributed by atoms with van der Waals surface area (Å²) in [6.07, 6.45) is 2.97. The second-order valence-electron chi connectivity index (χ2n) is 17.3. The molecule has 3 aliphatic heterocycles. The number of fused-ring (bicyclic) bond motifs is 1. The average molecular weight is 833 g/mol. The summed E-state index contributed by atoms with van der Waals surface area (Å²) in [5.41, 5.74) is -4.21. The van der Waals surface area contributed by atoms with Gasteiger partial charge in [-0.1, -0.05) is 13.8 Å². The number of halogens is 1. The van der Waals surface area contributed by atoms with E-state index in [1.54, 1.807) is 63.4 Å². The summed E-state index contributed by atoms with van der Waals surface area (Å²) in [5, 5.41) is 25.1. The molecule has 3 N–H and O–H groups in total. The van der Waals surface area contributed by atoms with Crippen LogP contribution in [0.15, 0.2) is 37.1 Å². The number of unbranched alkanes of at least 4 members (excludes halogenated alkanes) is 1. The third-order valence-electron chi connectivity index (χ3n) is 12.5. The molecule has 0 spiro atoms. The molecule has 1 amide bonds. The summed E-state index contributed by atoms with van der Waals surface area (Å²) in [7, 11) is 5.02. The second-order valence-corrected chi connectivity index (χ2v) is 17.3. The monoisotopic (exact) mass is 832 g/mol. The van der Waals surface area contributed by atoms with Crippen LogP contribution in [0.5, 0.6) is 0 Å². The van der Waals surface area contributed by atoms with Gasteiger partial charge in [0.25, 0.3) is 5.67 Å². The summed E-state index contributed by atoms with van der Waals surface area (Å²) in [4.78, 5) is 54.1. The predicted octanol–water partition coefficient (Wildman–Crippen LogP) is 3.52. The molecule has 3 saturated heterocycles. The quantitative estimate of drug-likeness (QED) is 0.160. The van der Waals surface area contributed by atoms with Crippen molar-refractivity contribution in [3.63, 3.8) is 0 Å². The molecule has 0 bridgehead atoms. The summed E-state index contributed by atoms with van der Waals surface area (Å²) in [6, 6.07) is 1.82. The van der Waals surface area contributed by atoms with Gasteiger partial charge < -0.3 is 48.7 Å². The van der Waals surface area contributed by atoms with Gasteiger partial charge in [-0.25, -0.2) is 19.0 Å². The molecule has 5 rings (SSSR count). The van der Waals surface area contributed by atoms with Crippen molar-refractivity contribution < 1.29 is 52.7 Å². The van der Waals surface area contributed by atoms with Crippen LogP contribution in [0.2, 0.25) is 0 Å². The lowest BCUT2D eigenvalue weighted by atomic mass is 9.78. The predicted molar refractivity (Wildman–Crippen MR) is 215 cm³/mol. The molecule has 0 radical (unpaired) electrons. The number of carbonyl (C=O) groups excluding carboxylic acids is 3. The fourth-order valence-electron chi connectivity index (χ4n) is 9.34. The van der Waals surface area contributed by atoms with Crippen molar-refractivity contribution in [2.75, 3.05) is 34.4 Å². The standard InChI is InChI=1S/C42H65FN6O10/c1-11-32-42(7)34(49(39(54)59-42)18-13-12-17-48-22-30(45-24-48)28-15-14-16-44-21-28)27(4)46-25(2)20-40(5,55-10)36(26(3)35(52)41(6,43)38(53)57-32)58-37-33(51)31(47(8)9)19-29(23-50)56-37/h14-16,21-22,24-27,29,31-34,36-37,46,50-51H,11-13,17-20,23H2,1-10H3/t25-,26+,27-,29+,31+,32-,33-,34-,36-,37+,40+,41+,42-/m1/s1. The Kier molecular flexibility index (Phi) is 15.0. The number of nitrogens with one attached hydrogen (secondary N) is 1. The zero-order valence-electron chi connectivity index (χ0n) is 36.2. The van der Waals surface area contributed by atoms with Crippen LogP contribution < -0.4 is 5.32 Å². The number of carbonyl (C=O) groups is 3. The van der Waals surface area contributed by atoms with E-state index in [0.717, 1.165) is 18.2 Å². The van der Waals surface area contributed by atoms with Gasteiger partial charge >= 0.3 is 12.1 Å². The lowest BCUT2D eigenvalue weighted by Crippen LogP contribution is -2.64. The largest absolute Gasteiger partial charge is 0.455 e. The number of hydrogen-bond acceptors (Lipinski definition) is 14. The molecular formula is C42H65FN6O10. The number of aliphatic hydroxyl groups is 2. The van der Waals surface area contributed by atoms with Crippen molar-refractivity contribution in [1.29, 1.82) is 0 Å². The van der Waals surface area contributed by atoms with Crippen LogP contribution in [-0.2, 0) is 39.8 Å². The Hall–Kier alpha value is -3.58. The number of pyridine rings is 1. The van der Waals surface area contributed by atoms with E-state index in [9.17, 15) is 24.6 Å².